The lowest BCUT2D eigenvalue weighted by atomic mass is 9.83. The molecule has 0 unspecified atom stereocenters. The van der Waals surface area contributed by atoms with Gasteiger partial charge in [-0.3, -0.25) is 0 Å². The zero-order valence-corrected chi connectivity index (χ0v) is 7.64. The van der Waals surface area contributed by atoms with E-state index in [0.717, 1.165) is 12.8 Å². The zero-order chi connectivity index (χ0) is 8.91. The molecule has 0 aromatic heterocycles. The summed E-state index contributed by atoms with van der Waals surface area (Å²) in [5, 5.41) is 0. The highest BCUT2D eigenvalue weighted by molar-refractivity contribution is 4.82. The molecule has 0 amide bonds. The lowest BCUT2D eigenvalue weighted by Gasteiger charge is -2.29. The van der Waals surface area contributed by atoms with Gasteiger partial charge in [0.25, 0.3) is 0 Å². The maximum atomic E-state index is 5.94. The molecule has 0 heterocycles. The van der Waals surface area contributed by atoms with E-state index < -0.39 is 0 Å². The maximum absolute atomic E-state index is 5.94. The molecule has 0 atom stereocenters. The van der Waals surface area contributed by atoms with Gasteiger partial charge in [0, 0.05) is 5.54 Å². The highest BCUT2D eigenvalue weighted by Gasteiger charge is 2.22. The largest absolute Gasteiger partial charge is 0.330 e. The van der Waals surface area contributed by atoms with Crippen molar-refractivity contribution in [1.82, 2.24) is 0 Å². The standard InChI is InChI=1S/C8H21N3/c1-8(2,11)7(3-5-9)4-6-10/h7H,3-6,9-11H2,1-2H3. The molecule has 6 N–H and O–H groups in total. The molecule has 11 heavy (non-hydrogen) atoms. The summed E-state index contributed by atoms with van der Waals surface area (Å²) >= 11 is 0. The van der Waals surface area contributed by atoms with Gasteiger partial charge in [-0.15, -0.1) is 0 Å². The lowest BCUT2D eigenvalue weighted by molar-refractivity contribution is 0.290. The number of hydrogen-bond acceptors (Lipinski definition) is 3. The highest BCUT2D eigenvalue weighted by Crippen LogP contribution is 2.19. The van der Waals surface area contributed by atoms with Crippen LogP contribution < -0.4 is 17.2 Å². The topological polar surface area (TPSA) is 78.1 Å². The molecule has 0 aromatic carbocycles. The van der Waals surface area contributed by atoms with E-state index in [4.69, 9.17) is 17.2 Å². The molecule has 0 aliphatic heterocycles. The third-order valence-electron chi connectivity index (χ3n) is 2.08. The average Bonchev–Trinajstić information content (AvgIpc) is 1.85. The minimum Gasteiger partial charge on any atom is -0.330 e. The normalized spacial score (nSPS) is 12.5. The van der Waals surface area contributed by atoms with Crippen LogP contribution in [0.15, 0.2) is 0 Å². The molecule has 0 radical (unpaired) electrons. The van der Waals surface area contributed by atoms with Gasteiger partial charge in [0.05, 0.1) is 0 Å². The van der Waals surface area contributed by atoms with Gasteiger partial charge in [-0.05, 0) is 45.7 Å². The Hall–Kier alpha value is -0.120. The second-order valence-electron chi connectivity index (χ2n) is 3.67. The van der Waals surface area contributed by atoms with Crippen LogP contribution in [-0.4, -0.2) is 18.6 Å². The van der Waals surface area contributed by atoms with Crippen LogP contribution in [0.25, 0.3) is 0 Å². The molecule has 0 aliphatic rings. The van der Waals surface area contributed by atoms with E-state index in [9.17, 15) is 0 Å². The summed E-state index contributed by atoms with van der Waals surface area (Å²) in [5.74, 6) is 0.456. The second kappa shape index (κ2) is 4.70. The van der Waals surface area contributed by atoms with Crippen LogP contribution in [0.1, 0.15) is 26.7 Å². The lowest BCUT2D eigenvalue weighted by Crippen LogP contribution is -2.42. The molecule has 68 valence electrons. The van der Waals surface area contributed by atoms with Crippen molar-refractivity contribution < 1.29 is 0 Å². The molecule has 3 nitrogen and oxygen atoms in total. The van der Waals surface area contributed by atoms with E-state index in [-0.39, 0.29) is 5.54 Å². The van der Waals surface area contributed by atoms with E-state index in [1.165, 1.54) is 0 Å². The summed E-state index contributed by atoms with van der Waals surface area (Å²) in [4.78, 5) is 0. The van der Waals surface area contributed by atoms with Crippen molar-refractivity contribution in [3.63, 3.8) is 0 Å². The Kier molecular flexibility index (Phi) is 4.65. The van der Waals surface area contributed by atoms with Gasteiger partial charge < -0.3 is 17.2 Å². The third kappa shape index (κ3) is 4.35. The van der Waals surface area contributed by atoms with Crippen molar-refractivity contribution >= 4 is 0 Å². The first-order valence-electron chi connectivity index (χ1n) is 4.21. The van der Waals surface area contributed by atoms with E-state index in [1.54, 1.807) is 0 Å². The molecule has 0 rings (SSSR count). The Bertz CT molecular complexity index is 90.0. The Morgan fingerprint density at radius 1 is 1.09 bits per heavy atom. The third-order valence-corrected chi connectivity index (χ3v) is 2.08. The van der Waals surface area contributed by atoms with Crippen LogP contribution in [0.4, 0.5) is 0 Å². The van der Waals surface area contributed by atoms with E-state index in [2.05, 4.69) is 0 Å². The van der Waals surface area contributed by atoms with Crippen molar-refractivity contribution in [1.29, 1.82) is 0 Å². The highest BCUT2D eigenvalue weighted by atomic mass is 14.7. The Balaban J connectivity index is 3.88. The molecule has 0 aliphatic carbocycles. The van der Waals surface area contributed by atoms with Crippen LogP contribution in [0, 0.1) is 5.92 Å². The summed E-state index contributed by atoms with van der Waals surface area (Å²) in [7, 11) is 0. The van der Waals surface area contributed by atoms with Crippen LogP contribution >= 0.6 is 0 Å². The van der Waals surface area contributed by atoms with Crippen molar-refractivity contribution in [3.8, 4) is 0 Å². The molecule has 0 saturated heterocycles. The summed E-state index contributed by atoms with van der Waals surface area (Å²) in [6.07, 6.45) is 1.95. The fraction of sp³-hybridized carbons (Fsp3) is 1.00. The summed E-state index contributed by atoms with van der Waals surface area (Å²) in [5.41, 5.74) is 16.7. The van der Waals surface area contributed by atoms with Crippen molar-refractivity contribution in [2.75, 3.05) is 13.1 Å². The van der Waals surface area contributed by atoms with Crippen molar-refractivity contribution in [2.45, 2.75) is 32.2 Å². The number of rotatable bonds is 5. The van der Waals surface area contributed by atoms with Gasteiger partial charge in [0.1, 0.15) is 0 Å². The van der Waals surface area contributed by atoms with Gasteiger partial charge in [-0.2, -0.15) is 0 Å². The van der Waals surface area contributed by atoms with Gasteiger partial charge in [-0.1, -0.05) is 0 Å². The molecular formula is C8H21N3. The zero-order valence-electron chi connectivity index (χ0n) is 7.64. The first-order chi connectivity index (χ1) is 5.02. The quantitative estimate of drug-likeness (QED) is 0.530. The average molecular weight is 159 g/mol. The first-order valence-corrected chi connectivity index (χ1v) is 4.21. The smallest absolute Gasteiger partial charge is 0.0126 e. The van der Waals surface area contributed by atoms with Gasteiger partial charge in [0.15, 0.2) is 0 Å². The van der Waals surface area contributed by atoms with Crippen LogP contribution in [-0.2, 0) is 0 Å². The summed E-state index contributed by atoms with van der Waals surface area (Å²) in [6.45, 7) is 5.46. The fourth-order valence-electron chi connectivity index (χ4n) is 1.29. The molecule has 0 fully saturated rings. The van der Waals surface area contributed by atoms with Crippen LogP contribution in [0.5, 0.6) is 0 Å². The summed E-state index contributed by atoms with van der Waals surface area (Å²) in [6, 6.07) is 0. The van der Waals surface area contributed by atoms with Crippen molar-refractivity contribution in [2.24, 2.45) is 23.1 Å². The predicted molar refractivity (Wildman–Crippen MR) is 49.1 cm³/mol. The Morgan fingerprint density at radius 2 is 1.45 bits per heavy atom. The van der Waals surface area contributed by atoms with Gasteiger partial charge >= 0.3 is 0 Å². The van der Waals surface area contributed by atoms with E-state index in [1.807, 2.05) is 13.8 Å². The number of hydrogen-bond donors (Lipinski definition) is 3. The molecule has 0 aromatic rings. The van der Waals surface area contributed by atoms with E-state index in [0.29, 0.717) is 19.0 Å². The molecule has 0 saturated carbocycles. The molecular weight excluding hydrogens is 138 g/mol. The van der Waals surface area contributed by atoms with Gasteiger partial charge in [0.2, 0.25) is 0 Å². The minimum absolute atomic E-state index is 0.140. The molecule has 0 bridgehead atoms. The molecule has 3 heteroatoms. The minimum atomic E-state index is -0.140. The van der Waals surface area contributed by atoms with Crippen LogP contribution in [0.2, 0.25) is 0 Å². The second-order valence-corrected chi connectivity index (χ2v) is 3.67. The fourth-order valence-corrected chi connectivity index (χ4v) is 1.29. The Morgan fingerprint density at radius 3 is 1.64 bits per heavy atom. The van der Waals surface area contributed by atoms with Crippen LogP contribution in [0.3, 0.4) is 0 Å². The Labute approximate surface area is 69.3 Å². The SMILES string of the molecule is CC(C)(N)C(CCN)CCN. The number of nitrogens with two attached hydrogens (primary N) is 3. The summed E-state index contributed by atoms with van der Waals surface area (Å²) < 4.78 is 0. The van der Waals surface area contributed by atoms with Gasteiger partial charge in [-0.25, -0.2) is 0 Å². The van der Waals surface area contributed by atoms with Crippen molar-refractivity contribution in [3.05, 3.63) is 0 Å². The van der Waals surface area contributed by atoms with E-state index >= 15 is 0 Å². The monoisotopic (exact) mass is 159 g/mol. The molecule has 0 spiro atoms. The first kappa shape index (κ1) is 10.9. The maximum Gasteiger partial charge on any atom is 0.0126 e. The predicted octanol–water partition coefficient (Wildman–Crippen LogP) is 0.0375.